The maximum atomic E-state index is 11.2. The Morgan fingerprint density at radius 3 is 2.47 bits per heavy atom. The SMILES string of the molecule is CN(C)C(=O)Nc1nccnc1C(=O)O. The monoisotopic (exact) mass is 210 g/mol. The maximum Gasteiger partial charge on any atom is 0.358 e. The molecule has 0 fully saturated rings. The number of aromatic carboxylic acids is 1. The molecule has 15 heavy (non-hydrogen) atoms. The summed E-state index contributed by atoms with van der Waals surface area (Å²) in [5, 5.41) is 11.1. The lowest BCUT2D eigenvalue weighted by Crippen LogP contribution is -2.28. The third-order valence-electron chi connectivity index (χ3n) is 1.53. The van der Waals surface area contributed by atoms with Crippen LogP contribution in [0, 0.1) is 0 Å². The summed E-state index contributed by atoms with van der Waals surface area (Å²) < 4.78 is 0. The van der Waals surface area contributed by atoms with Crippen LogP contribution in [-0.2, 0) is 0 Å². The number of hydrogen-bond donors (Lipinski definition) is 2. The molecule has 0 bridgehead atoms. The summed E-state index contributed by atoms with van der Waals surface area (Å²) in [6.45, 7) is 0. The molecule has 0 aliphatic carbocycles. The molecular weight excluding hydrogens is 200 g/mol. The topological polar surface area (TPSA) is 95.4 Å². The van der Waals surface area contributed by atoms with Gasteiger partial charge in [-0.1, -0.05) is 0 Å². The van der Waals surface area contributed by atoms with Crippen molar-refractivity contribution in [3.05, 3.63) is 18.1 Å². The lowest BCUT2D eigenvalue weighted by Gasteiger charge is -2.11. The van der Waals surface area contributed by atoms with E-state index in [1.807, 2.05) is 0 Å². The molecule has 1 heterocycles. The van der Waals surface area contributed by atoms with Gasteiger partial charge in [0.1, 0.15) is 0 Å². The molecule has 0 radical (unpaired) electrons. The van der Waals surface area contributed by atoms with Crippen molar-refractivity contribution < 1.29 is 14.7 Å². The van der Waals surface area contributed by atoms with E-state index < -0.39 is 12.0 Å². The fourth-order valence-corrected chi connectivity index (χ4v) is 0.799. The number of rotatable bonds is 2. The molecule has 1 rings (SSSR count). The van der Waals surface area contributed by atoms with Crippen LogP contribution >= 0.6 is 0 Å². The molecule has 7 heteroatoms. The van der Waals surface area contributed by atoms with Gasteiger partial charge in [0, 0.05) is 26.5 Å². The van der Waals surface area contributed by atoms with Gasteiger partial charge in [-0.3, -0.25) is 5.32 Å². The first-order valence-electron chi connectivity index (χ1n) is 4.05. The number of carboxylic acids is 1. The maximum absolute atomic E-state index is 11.2. The molecule has 1 aromatic heterocycles. The summed E-state index contributed by atoms with van der Waals surface area (Å²) in [5.74, 6) is -1.30. The number of anilines is 1. The van der Waals surface area contributed by atoms with Crippen LogP contribution in [0.4, 0.5) is 10.6 Å². The molecule has 2 amide bonds. The lowest BCUT2D eigenvalue weighted by atomic mass is 10.4. The highest BCUT2D eigenvalue weighted by Crippen LogP contribution is 2.08. The summed E-state index contributed by atoms with van der Waals surface area (Å²) in [7, 11) is 3.07. The minimum atomic E-state index is -1.24. The summed E-state index contributed by atoms with van der Waals surface area (Å²) in [5.41, 5.74) is -0.285. The van der Waals surface area contributed by atoms with Crippen LogP contribution in [0.1, 0.15) is 10.5 Å². The highest BCUT2D eigenvalue weighted by atomic mass is 16.4. The van der Waals surface area contributed by atoms with Crippen molar-refractivity contribution in [2.45, 2.75) is 0 Å². The smallest absolute Gasteiger partial charge is 0.358 e. The van der Waals surface area contributed by atoms with Crippen molar-refractivity contribution in [1.29, 1.82) is 0 Å². The predicted octanol–water partition coefficient (Wildman–Crippen LogP) is 0.268. The third kappa shape index (κ3) is 2.63. The Morgan fingerprint density at radius 2 is 1.93 bits per heavy atom. The molecule has 0 saturated heterocycles. The van der Waals surface area contributed by atoms with E-state index >= 15 is 0 Å². The number of carbonyl (C=O) groups is 2. The van der Waals surface area contributed by atoms with Crippen molar-refractivity contribution in [2.75, 3.05) is 19.4 Å². The van der Waals surface area contributed by atoms with Crippen LogP contribution in [0.3, 0.4) is 0 Å². The molecule has 0 saturated carbocycles. The first-order valence-corrected chi connectivity index (χ1v) is 4.05. The van der Waals surface area contributed by atoms with E-state index in [0.29, 0.717) is 0 Å². The Hall–Kier alpha value is -2.18. The number of urea groups is 1. The first kappa shape index (κ1) is 10.9. The van der Waals surface area contributed by atoms with Crippen molar-refractivity contribution in [2.24, 2.45) is 0 Å². The highest BCUT2D eigenvalue weighted by Gasteiger charge is 2.15. The Morgan fingerprint density at radius 1 is 1.33 bits per heavy atom. The van der Waals surface area contributed by atoms with E-state index in [4.69, 9.17) is 5.11 Å². The van der Waals surface area contributed by atoms with Crippen molar-refractivity contribution >= 4 is 17.8 Å². The van der Waals surface area contributed by atoms with E-state index in [9.17, 15) is 9.59 Å². The molecule has 7 nitrogen and oxygen atoms in total. The molecule has 1 aromatic rings. The lowest BCUT2D eigenvalue weighted by molar-refractivity contribution is 0.0691. The van der Waals surface area contributed by atoms with E-state index in [1.54, 1.807) is 0 Å². The minimum absolute atomic E-state index is 0.0660. The molecule has 80 valence electrons. The fraction of sp³-hybridized carbons (Fsp3) is 0.250. The number of amides is 2. The van der Waals surface area contributed by atoms with Gasteiger partial charge in [-0.25, -0.2) is 19.6 Å². The summed E-state index contributed by atoms with van der Waals surface area (Å²) in [4.78, 5) is 30.5. The Kier molecular flexibility index (Phi) is 3.17. The molecule has 0 aliphatic rings. The molecule has 0 aromatic carbocycles. The van der Waals surface area contributed by atoms with Crippen LogP contribution in [0.25, 0.3) is 0 Å². The molecule has 2 N–H and O–H groups in total. The quantitative estimate of drug-likeness (QED) is 0.730. The van der Waals surface area contributed by atoms with Gasteiger partial charge in [0.25, 0.3) is 0 Å². The summed E-state index contributed by atoms with van der Waals surface area (Å²) in [6.07, 6.45) is 2.55. The Labute approximate surface area is 85.8 Å². The summed E-state index contributed by atoms with van der Waals surface area (Å²) >= 11 is 0. The highest BCUT2D eigenvalue weighted by molar-refractivity contribution is 5.96. The van der Waals surface area contributed by atoms with E-state index in [0.717, 1.165) is 0 Å². The second kappa shape index (κ2) is 4.36. The van der Waals surface area contributed by atoms with Crippen molar-refractivity contribution in [1.82, 2.24) is 14.9 Å². The van der Waals surface area contributed by atoms with Gasteiger partial charge in [-0.15, -0.1) is 0 Å². The molecule has 0 unspecified atom stereocenters. The zero-order valence-electron chi connectivity index (χ0n) is 8.26. The van der Waals surface area contributed by atoms with Gasteiger partial charge in [0.15, 0.2) is 11.5 Å². The standard InChI is InChI=1S/C8H10N4O3/c1-12(2)8(15)11-6-5(7(13)14)9-3-4-10-6/h3-4H,1-2H3,(H,13,14)(H,10,11,15). The first-order chi connectivity index (χ1) is 7.02. The van der Waals surface area contributed by atoms with Gasteiger partial charge < -0.3 is 10.0 Å². The van der Waals surface area contributed by atoms with Crippen molar-refractivity contribution in [3.63, 3.8) is 0 Å². The zero-order valence-corrected chi connectivity index (χ0v) is 8.26. The zero-order chi connectivity index (χ0) is 11.4. The van der Waals surface area contributed by atoms with Gasteiger partial charge >= 0.3 is 12.0 Å². The van der Waals surface area contributed by atoms with E-state index in [2.05, 4.69) is 15.3 Å². The molecule has 0 aliphatic heterocycles. The number of aromatic nitrogens is 2. The van der Waals surface area contributed by atoms with Crippen LogP contribution < -0.4 is 5.32 Å². The van der Waals surface area contributed by atoms with Gasteiger partial charge in [-0.2, -0.15) is 0 Å². The average molecular weight is 210 g/mol. The van der Waals surface area contributed by atoms with Crippen LogP contribution in [0.2, 0.25) is 0 Å². The Balaban J connectivity index is 2.94. The second-order valence-corrected chi connectivity index (χ2v) is 2.88. The molecular formula is C8H10N4O3. The summed E-state index contributed by atoms with van der Waals surface area (Å²) in [6, 6.07) is -0.460. The number of nitrogens with one attached hydrogen (secondary N) is 1. The van der Waals surface area contributed by atoms with Crippen LogP contribution in [0.15, 0.2) is 12.4 Å². The van der Waals surface area contributed by atoms with E-state index in [1.165, 1.54) is 31.4 Å². The van der Waals surface area contributed by atoms with E-state index in [-0.39, 0.29) is 11.5 Å². The average Bonchev–Trinajstić information content (AvgIpc) is 2.18. The number of nitrogens with zero attached hydrogens (tertiary/aromatic N) is 3. The number of carbonyl (C=O) groups excluding carboxylic acids is 1. The van der Waals surface area contributed by atoms with Crippen LogP contribution in [0.5, 0.6) is 0 Å². The van der Waals surface area contributed by atoms with Crippen LogP contribution in [-0.4, -0.2) is 46.1 Å². The number of hydrogen-bond acceptors (Lipinski definition) is 4. The number of carboxylic acid groups (broad SMARTS) is 1. The third-order valence-corrected chi connectivity index (χ3v) is 1.53. The predicted molar refractivity (Wildman–Crippen MR) is 51.7 cm³/mol. The minimum Gasteiger partial charge on any atom is -0.476 e. The van der Waals surface area contributed by atoms with Gasteiger partial charge in [-0.05, 0) is 0 Å². The normalized spacial score (nSPS) is 9.47. The molecule has 0 spiro atoms. The second-order valence-electron chi connectivity index (χ2n) is 2.88. The Bertz CT molecular complexity index is 391. The van der Waals surface area contributed by atoms with Crippen molar-refractivity contribution in [3.8, 4) is 0 Å². The van der Waals surface area contributed by atoms with Gasteiger partial charge in [0.05, 0.1) is 0 Å². The fourth-order valence-electron chi connectivity index (χ4n) is 0.799. The molecule has 0 atom stereocenters. The largest absolute Gasteiger partial charge is 0.476 e. The van der Waals surface area contributed by atoms with Gasteiger partial charge in [0.2, 0.25) is 0 Å².